The number of hydrogen-bond acceptors (Lipinski definition) is 3. The van der Waals surface area contributed by atoms with Crippen LogP contribution >= 0.6 is 11.6 Å². The van der Waals surface area contributed by atoms with Crippen LogP contribution in [0.4, 0.5) is 5.69 Å². The summed E-state index contributed by atoms with van der Waals surface area (Å²) in [6.07, 6.45) is 3.37. The van der Waals surface area contributed by atoms with Crippen molar-refractivity contribution in [3.63, 3.8) is 0 Å². The number of nitro benzene ring substituents is 1. The molecule has 0 aliphatic carbocycles. The van der Waals surface area contributed by atoms with E-state index in [-0.39, 0.29) is 10.6 Å². The molecule has 0 amide bonds. The van der Waals surface area contributed by atoms with E-state index in [1.807, 2.05) is 0 Å². The highest BCUT2D eigenvalue weighted by Crippen LogP contribution is 2.20. The quantitative estimate of drug-likeness (QED) is 0.622. The Morgan fingerprint density at radius 1 is 1.53 bits per heavy atom. The number of aryl methyl sites for hydroxylation is 1. The van der Waals surface area contributed by atoms with Gasteiger partial charge >= 0.3 is 0 Å². The molecule has 6 heteroatoms. The van der Waals surface area contributed by atoms with E-state index in [1.54, 1.807) is 36.0 Å². The van der Waals surface area contributed by atoms with Crippen LogP contribution in [0.25, 0.3) is 0 Å². The van der Waals surface area contributed by atoms with Gasteiger partial charge in [0, 0.05) is 30.6 Å². The molecule has 0 aliphatic rings. The summed E-state index contributed by atoms with van der Waals surface area (Å²) in [5.41, 5.74) is 1.72. The molecule has 2 aromatic rings. The Morgan fingerprint density at radius 2 is 2.29 bits per heavy atom. The molecule has 0 saturated heterocycles. The van der Waals surface area contributed by atoms with Gasteiger partial charge in [-0.25, -0.2) is 4.98 Å². The van der Waals surface area contributed by atoms with Crippen molar-refractivity contribution in [3.05, 3.63) is 57.1 Å². The number of nitro groups is 1. The molecule has 0 fully saturated rings. The first-order valence-corrected chi connectivity index (χ1v) is 5.36. The molecular formula is C11H10ClN3O2. The lowest BCUT2D eigenvalue weighted by Gasteiger charge is -2.05. The molecule has 0 atom stereocenters. The summed E-state index contributed by atoms with van der Waals surface area (Å²) in [6.45, 7) is 2.27. The smallest absolute Gasteiger partial charge is 0.272 e. The van der Waals surface area contributed by atoms with Crippen molar-refractivity contribution in [2.75, 3.05) is 0 Å². The van der Waals surface area contributed by atoms with Crippen LogP contribution in [0.3, 0.4) is 0 Å². The Labute approximate surface area is 103 Å². The maximum atomic E-state index is 10.7. The molecule has 1 aromatic heterocycles. The van der Waals surface area contributed by atoms with Gasteiger partial charge in [-0.2, -0.15) is 0 Å². The van der Waals surface area contributed by atoms with E-state index < -0.39 is 0 Å². The Balaban J connectivity index is 2.27. The predicted molar refractivity (Wildman–Crippen MR) is 64.2 cm³/mol. The molecule has 17 heavy (non-hydrogen) atoms. The van der Waals surface area contributed by atoms with E-state index in [0.29, 0.717) is 17.4 Å². The van der Waals surface area contributed by atoms with Gasteiger partial charge in [-0.15, -0.1) is 0 Å². The molecule has 2 rings (SSSR count). The fourth-order valence-electron chi connectivity index (χ4n) is 1.65. The van der Waals surface area contributed by atoms with Gasteiger partial charge in [0.2, 0.25) is 5.28 Å². The first kappa shape index (κ1) is 11.6. The first-order valence-electron chi connectivity index (χ1n) is 4.98. The van der Waals surface area contributed by atoms with Gasteiger partial charge in [-0.05, 0) is 30.2 Å². The summed E-state index contributed by atoms with van der Waals surface area (Å²) in [5.74, 6) is 0. The zero-order chi connectivity index (χ0) is 12.4. The Bertz CT molecular complexity index is 566. The molecule has 0 radical (unpaired) electrons. The predicted octanol–water partition coefficient (Wildman–Crippen LogP) is 2.80. The number of hydrogen-bond donors (Lipinski definition) is 0. The monoisotopic (exact) mass is 251 g/mol. The third-order valence-electron chi connectivity index (χ3n) is 2.48. The molecule has 0 unspecified atom stereocenters. The molecule has 0 saturated carbocycles. The summed E-state index contributed by atoms with van der Waals surface area (Å²) < 4.78 is 1.77. The van der Waals surface area contributed by atoms with Crippen LogP contribution in [0.2, 0.25) is 5.28 Å². The summed E-state index contributed by atoms with van der Waals surface area (Å²) in [4.78, 5) is 14.2. The molecule has 0 aliphatic heterocycles. The highest BCUT2D eigenvalue weighted by Gasteiger charge is 2.10. The van der Waals surface area contributed by atoms with Crippen molar-refractivity contribution in [2.24, 2.45) is 0 Å². The first-order chi connectivity index (χ1) is 8.08. The van der Waals surface area contributed by atoms with Crippen LogP contribution in [-0.4, -0.2) is 14.5 Å². The topological polar surface area (TPSA) is 61.0 Å². The third-order valence-corrected chi connectivity index (χ3v) is 2.79. The lowest BCUT2D eigenvalue weighted by molar-refractivity contribution is -0.385. The van der Waals surface area contributed by atoms with Gasteiger partial charge in [-0.1, -0.05) is 6.07 Å². The maximum Gasteiger partial charge on any atom is 0.272 e. The average Bonchev–Trinajstić information content (AvgIpc) is 2.64. The summed E-state index contributed by atoms with van der Waals surface area (Å²) in [7, 11) is 0. The lowest BCUT2D eigenvalue weighted by Crippen LogP contribution is -2.00. The third kappa shape index (κ3) is 2.45. The fraction of sp³-hybridized carbons (Fsp3) is 0.182. The van der Waals surface area contributed by atoms with Gasteiger partial charge in [-0.3, -0.25) is 10.1 Å². The zero-order valence-electron chi connectivity index (χ0n) is 9.13. The van der Waals surface area contributed by atoms with Crippen LogP contribution in [-0.2, 0) is 6.54 Å². The number of halogens is 1. The van der Waals surface area contributed by atoms with Crippen molar-refractivity contribution in [3.8, 4) is 0 Å². The standard InChI is InChI=1S/C11H10ClN3O2/c1-8-6-9(2-3-10(8)15(16)17)7-14-5-4-13-11(14)12/h2-6H,7H2,1H3. The summed E-state index contributed by atoms with van der Waals surface area (Å²) in [5, 5.41) is 11.1. The van der Waals surface area contributed by atoms with Crippen LogP contribution < -0.4 is 0 Å². The highest BCUT2D eigenvalue weighted by atomic mass is 35.5. The van der Waals surface area contributed by atoms with Crippen molar-refractivity contribution >= 4 is 17.3 Å². The van der Waals surface area contributed by atoms with Crippen molar-refractivity contribution in [1.29, 1.82) is 0 Å². The molecule has 1 heterocycles. The molecule has 0 spiro atoms. The Kier molecular flexibility index (Phi) is 3.10. The maximum absolute atomic E-state index is 10.7. The van der Waals surface area contributed by atoms with Gasteiger partial charge in [0.05, 0.1) is 4.92 Å². The van der Waals surface area contributed by atoms with Crippen molar-refractivity contribution in [2.45, 2.75) is 13.5 Å². The van der Waals surface area contributed by atoms with Crippen LogP contribution in [0.5, 0.6) is 0 Å². The second-order valence-electron chi connectivity index (χ2n) is 3.70. The summed E-state index contributed by atoms with van der Waals surface area (Å²) >= 11 is 5.85. The molecule has 5 nitrogen and oxygen atoms in total. The SMILES string of the molecule is Cc1cc(Cn2ccnc2Cl)ccc1[N+](=O)[O-]. The number of imidazole rings is 1. The highest BCUT2D eigenvalue weighted by molar-refractivity contribution is 6.28. The molecular weight excluding hydrogens is 242 g/mol. The number of benzene rings is 1. The number of rotatable bonds is 3. The minimum absolute atomic E-state index is 0.130. The normalized spacial score (nSPS) is 10.5. The minimum atomic E-state index is -0.386. The molecule has 0 N–H and O–H groups in total. The van der Waals surface area contributed by atoms with Gasteiger partial charge in [0.1, 0.15) is 0 Å². The minimum Gasteiger partial charge on any atom is -0.317 e. The second-order valence-corrected chi connectivity index (χ2v) is 4.04. The van der Waals surface area contributed by atoms with Crippen LogP contribution in [0.1, 0.15) is 11.1 Å². The number of nitrogens with zero attached hydrogens (tertiary/aromatic N) is 3. The Hall–Kier alpha value is -1.88. The fourth-order valence-corrected chi connectivity index (χ4v) is 1.82. The lowest BCUT2D eigenvalue weighted by atomic mass is 10.1. The van der Waals surface area contributed by atoms with Gasteiger partial charge in [0.15, 0.2) is 0 Å². The van der Waals surface area contributed by atoms with E-state index in [4.69, 9.17) is 11.6 Å². The number of aromatic nitrogens is 2. The average molecular weight is 252 g/mol. The van der Waals surface area contributed by atoms with Crippen LogP contribution in [0, 0.1) is 17.0 Å². The Morgan fingerprint density at radius 3 is 2.82 bits per heavy atom. The van der Waals surface area contributed by atoms with E-state index in [1.165, 1.54) is 6.07 Å². The largest absolute Gasteiger partial charge is 0.317 e. The van der Waals surface area contributed by atoms with Gasteiger partial charge in [0.25, 0.3) is 5.69 Å². The van der Waals surface area contributed by atoms with E-state index in [9.17, 15) is 10.1 Å². The molecule has 88 valence electrons. The summed E-state index contributed by atoms with van der Waals surface area (Å²) in [6, 6.07) is 5.02. The van der Waals surface area contributed by atoms with Gasteiger partial charge < -0.3 is 4.57 Å². The molecule has 1 aromatic carbocycles. The van der Waals surface area contributed by atoms with E-state index in [2.05, 4.69) is 4.98 Å². The zero-order valence-corrected chi connectivity index (χ0v) is 9.89. The molecule has 0 bridgehead atoms. The second kappa shape index (κ2) is 4.55. The van der Waals surface area contributed by atoms with E-state index >= 15 is 0 Å². The van der Waals surface area contributed by atoms with E-state index in [0.717, 1.165) is 5.56 Å². The van der Waals surface area contributed by atoms with Crippen molar-refractivity contribution in [1.82, 2.24) is 9.55 Å². The van der Waals surface area contributed by atoms with Crippen LogP contribution in [0.15, 0.2) is 30.6 Å². The van der Waals surface area contributed by atoms with Crippen molar-refractivity contribution < 1.29 is 4.92 Å².